The first-order chi connectivity index (χ1) is 10.8. The van der Waals surface area contributed by atoms with Crippen LogP contribution >= 0.6 is 11.3 Å². The van der Waals surface area contributed by atoms with Crippen molar-refractivity contribution in [1.82, 2.24) is 15.3 Å². The Balaban J connectivity index is 1.71. The molecule has 0 aliphatic rings. The molecule has 0 bridgehead atoms. The summed E-state index contributed by atoms with van der Waals surface area (Å²) in [6, 6.07) is 3.88. The van der Waals surface area contributed by atoms with Crippen molar-refractivity contribution in [1.29, 1.82) is 0 Å². The Hall–Kier alpha value is -1.79. The molecule has 0 aliphatic heterocycles. The maximum absolute atomic E-state index is 11.8. The van der Waals surface area contributed by atoms with Crippen LogP contribution in [0.3, 0.4) is 0 Å². The Kier molecular flexibility index (Phi) is 6.99. The molecule has 2 aromatic heterocycles. The van der Waals surface area contributed by atoms with Gasteiger partial charge in [-0.2, -0.15) is 0 Å². The molecule has 2 aromatic rings. The molecule has 6 heteroatoms. The van der Waals surface area contributed by atoms with Crippen molar-refractivity contribution in [2.75, 3.05) is 20.3 Å². The van der Waals surface area contributed by atoms with Gasteiger partial charge in [0.15, 0.2) is 0 Å². The van der Waals surface area contributed by atoms with E-state index in [-0.39, 0.29) is 5.91 Å². The first-order valence-corrected chi connectivity index (χ1v) is 8.28. The Morgan fingerprint density at radius 3 is 2.91 bits per heavy atom. The maximum Gasteiger partial charge on any atom is 0.220 e. The van der Waals surface area contributed by atoms with Crippen LogP contribution in [-0.2, 0) is 16.0 Å². The number of hydrogen-bond acceptors (Lipinski definition) is 5. The van der Waals surface area contributed by atoms with E-state index in [0.29, 0.717) is 19.4 Å². The summed E-state index contributed by atoms with van der Waals surface area (Å²) >= 11 is 1.60. The minimum atomic E-state index is 0.0795. The fourth-order valence-electron chi connectivity index (χ4n) is 1.98. The van der Waals surface area contributed by atoms with Crippen LogP contribution in [-0.4, -0.2) is 36.1 Å². The van der Waals surface area contributed by atoms with Gasteiger partial charge in [0.1, 0.15) is 5.01 Å². The van der Waals surface area contributed by atoms with Crippen LogP contribution in [0.15, 0.2) is 29.9 Å². The van der Waals surface area contributed by atoms with Gasteiger partial charge in [0, 0.05) is 50.0 Å². The molecular weight excluding hydrogens is 298 g/mol. The van der Waals surface area contributed by atoms with E-state index in [1.807, 2.05) is 17.5 Å². The van der Waals surface area contributed by atoms with Crippen LogP contribution in [0.1, 0.15) is 25.0 Å². The number of amides is 1. The highest BCUT2D eigenvalue weighted by molar-refractivity contribution is 7.13. The van der Waals surface area contributed by atoms with Crippen LogP contribution in [0, 0.1) is 0 Å². The van der Waals surface area contributed by atoms with Crippen molar-refractivity contribution in [3.05, 3.63) is 35.6 Å². The van der Waals surface area contributed by atoms with Gasteiger partial charge in [-0.15, -0.1) is 11.3 Å². The van der Waals surface area contributed by atoms with Crippen molar-refractivity contribution < 1.29 is 9.53 Å². The van der Waals surface area contributed by atoms with Crippen molar-refractivity contribution >= 4 is 17.2 Å². The third-order valence-corrected chi connectivity index (χ3v) is 4.12. The first-order valence-electron chi connectivity index (χ1n) is 7.40. The minimum Gasteiger partial charge on any atom is -0.385 e. The Morgan fingerprint density at radius 1 is 1.32 bits per heavy atom. The number of nitrogens with zero attached hydrogens (tertiary/aromatic N) is 2. The van der Waals surface area contributed by atoms with Crippen LogP contribution in [0.2, 0.25) is 0 Å². The summed E-state index contributed by atoms with van der Waals surface area (Å²) in [6.45, 7) is 1.45. The molecule has 118 valence electrons. The molecule has 2 rings (SSSR count). The molecule has 0 aromatic carbocycles. The molecule has 0 spiro atoms. The largest absolute Gasteiger partial charge is 0.385 e. The normalized spacial score (nSPS) is 10.6. The van der Waals surface area contributed by atoms with Gasteiger partial charge in [0.2, 0.25) is 5.91 Å². The number of unbranched alkanes of at least 4 members (excludes halogenated alkanes) is 1. The monoisotopic (exact) mass is 319 g/mol. The molecule has 22 heavy (non-hydrogen) atoms. The fourth-order valence-corrected chi connectivity index (χ4v) is 2.84. The zero-order valence-electron chi connectivity index (χ0n) is 12.7. The van der Waals surface area contributed by atoms with E-state index in [0.717, 1.165) is 35.7 Å². The molecule has 1 N–H and O–H groups in total. The second-order valence-electron chi connectivity index (χ2n) is 4.93. The number of aromatic nitrogens is 2. The van der Waals surface area contributed by atoms with E-state index in [9.17, 15) is 4.79 Å². The summed E-state index contributed by atoms with van der Waals surface area (Å²) in [5, 5.41) is 5.91. The van der Waals surface area contributed by atoms with E-state index in [4.69, 9.17) is 4.74 Å². The van der Waals surface area contributed by atoms with Gasteiger partial charge in [0.05, 0.1) is 5.69 Å². The van der Waals surface area contributed by atoms with Gasteiger partial charge in [-0.3, -0.25) is 9.78 Å². The Morgan fingerprint density at radius 2 is 2.14 bits per heavy atom. The minimum absolute atomic E-state index is 0.0795. The van der Waals surface area contributed by atoms with Crippen molar-refractivity contribution in [3.63, 3.8) is 0 Å². The van der Waals surface area contributed by atoms with Crippen molar-refractivity contribution in [2.24, 2.45) is 0 Å². The molecule has 1 amide bonds. The molecule has 0 atom stereocenters. The SMILES string of the molecule is COCCCCNC(=O)CCc1csc(-c2ccncc2)n1. The number of pyridine rings is 1. The van der Waals surface area contributed by atoms with Crippen LogP contribution < -0.4 is 5.32 Å². The highest BCUT2D eigenvalue weighted by Crippen LogP contribution is 2.23. The summed E-state index contributed by atoms with van der Waals surface area (Å²) in [7, 11) is 1.69. The molecule has 5 nitrogen and oxygen atoms in total. The molecule has 0 saturated heterocycles. The van der Waals surface area contributed by atoms with E-state index < -0.39 is 0 Å². The summed E-state index contributed by atoms with van der Waals surface area (Å²) in [5.41, 5.74) is 2.03. The predicted octanol–water partition coefficient (Wildman–Crippen LogP) is 2.68. The lowest BCUT2D eigenvalue weighted by molar-refractivity contribution is -0.121. The summed E-state index contributed by atoms with van der Waals surface area (Å²) in [4.78, 5) is 20.3. The molecule has 0 fully saturated rings. The average molecular weight is 319 g/mol. The number of rotatable bonds is 9. The van der Waals surface area contributed by atoms with Crippen molar-refractivity contribution in [3.8, 4) is 10.6 Å². The number of methoxy groups -OCH3 is 1. The van der Waals surface area contributed by atoms with Crippen LogP contribution in [0.25, 0.3) is 10.6 Å². The standard InChI is InChI=1S/C16H21N3O2S/c1-21-11-3-2-8-18-15(20)5-4-14-12-22-16(19-14)13-6-9-17-10-7-13/h6-7,9-10,12H,2-5,8,11H2,1H3,(H,18,20). The number of aryl methyl sites for hydroxylation is 1. The van der Waals surface area contributed by atoms with Crippen LogP contribution in [0.5, 0.6) is 0 Å². The average Bonchev–Trinajstić information content (AvgIpc) is 3.02. The number of ether oxygens (including phenoxy) is 1. The van der Waals surface area contributed by atoms with E-state index >= 15 is 0 Å². The number of carbonyl (C=O) groups excluding carboxylic acids is 1. The Bertz CT molecular complexity index is 572. The molecule has 2 heterocycles. The molecule has 0 radical (unpaired) electrons. The number of nitrogens with one attached hydrogen (secondary N) is 1. The molecular formula is C16H21N3O2S. The topological polar surface area (TPSA) is 64.1 Å². The smallest absolute Gasteiger partial charge is 0.220 e. The highest BCUT2D eigenvalue weighted by atomic mass is 32.1. The van der Waals surface area contributed by atoms with Gasteiger partial charge >= 0.3 is 0 Å². The van der Waals surface area contributed by atoms with Gasteiger partial charge in [-0.1, -0.05) is 0 Å². The molecule has 0 unspecified atom stereocenters. The second kappa shape index (κ2) is 9.27. The predicted molar refractivity (Wildman–Crippen MR) is 87.8 cm³/mol. The number of thiazole rings is 1. The molecule has 0 aliphatic carbocycles. The zero-order chi connectivity index (χ0) is 15.6. The van der Waals surface area contributed by atoms with Gasteiger partial charge < -0.3 is 10.1 Å². The fraction of sp³-hybridized carbons (Fsp3) is 0.438. The number of carbonyl (C=O) groups is 1. The Labute approximate surface area is 134 Å². The third-order valence-electron chi connectivity index (χ3n) is 3.18. The van der Waals surface area contributed by atoms with E-state index in [2.05, 4.69) is 15.3 Å². The van der Waals surface area contributed by atoms with Crippen molar-refractivity contribution in [2.45, 2.75) is 25.7 Å². The number of hydrogen-bond donors (Lipinski definition) is 1. The van der Waals surface area contributed by atoms with Gasteiger partial charge in [-0.05, 0) is 31.4 Å². The quantitative estimate of drug-likeness (QED) is 0.722. The summed E-state index contributed by atoms with van der Waals surface area (Å²) < 4.78 is 4.97. The summed E-state index contributed by atoms with van der Waals surface area (Å²) in [6.07, 6.45) is 6.58. The third kappa shape index (κ3) is 5.54. The lowest BCUT2D eigenvalue weighted by Crippen LogP contribution is -2.24. The lowest BCUT2D eigenvalue weighted by atomic mass is 10.2. The van der Waals surface area contributed by atoms with E-state index in [1.165, 1.54) is 0 Å². The summed E-state index contributed by atoms with van der Waals surface area (Å²) in [5.74, 6) is 0.0795. The zero-order valence-corrected chi connectivity index (χ0v) is 13.6. The first kappa shape index (κ1) is 16.6. The highest BCUT2D eigenvalue weighted by Gasteiger charge is 2.07. The van der Waals surface area contributed by atoms with Gasteiger partial charge in [0.25, 0.3) is 0 Å². The lowest BCUT2D eigenvalue weighted by Gasteiger charge is -2.04. The maximum atomic E-state index is 11.8. The second-order valence-corrected chi connectivity index (χ2v) is 5.79. The van der Waals surface area contributed by atoms with E-state index in [1.54, 1.807) is 30.8 Å². The van der Waals surface area contributed by atoms with Gasteiger partial charge in [-0.25, -0.2) is 4.98 Å². The molecule has 0 saturated carbocycles. The van der Waals surface area contributed by atoms with Crippen LogP contribution in [0.4, 0.5) is 0 Å².